The lowest BCUT2D eigenvalue weighted by atomic mass is 10.2. The minimum atomic E-state index is -0.0447. The summed E-state index contributed by atoms with van der Waals surface area (Å²) in [5.74, 6) is 1.00. The molecule has 0 amide bonds. The topological polar surface area (TPSA) is 42.4 Å². The van der Waals surface area contributed by atoms with E-state index >= 15 is 0 Å². The summed E-state index contributed by atoms with van der Waals surface area (Å²) in [6, 6.07) is 8.62. The van der Waals surface area contributed by atoms with Crippen molar-refractivity contribution in [3.8, 4) is 11.6 Å². The van der Waals surface area contributed by atoms with Crippen molar-refractivity contribution in [2.75, 3.05) is 0 Å². The van der Waals surface area contributed by atoms with Crippen LogP contribution in [0.1, 0.15) is 24.6 Å². The Balaban J connectivity index is 2.27. The first kappa shape index (κ1) is 15.1. The Hall–Kier alpha value is -1.29. The van der Waals surface area contributed by atoms with Gasteiger partial charge in [0.2, 0.25) is 5.88 Å². The van der Waals surface area contributed by atoms with Crippen LogP contribution in [0.5, 0.6) is 11.6 Å². The van der Waals surface area contributed by atoms with Gasteiger partial charge in [0.15, 0.2) is 0 Å². The fourth-order valence-electron chi connectivity index (χ4n) is 1.81. The Morgan fingerprint density at radius 2 is 1.95 bits per heavy atom. The van der Waals surface area contributed by atoms with Crippen molar-refractivity contribution < 1.29 is 9.84 Å². The van der Waals surface area contributed by atoms with Gasteiger partial charge in [-0.15, -0.1) is 0 Å². The molecule has 0 bridgehead atoms. The predicted molar refractivity (Wildman–Crippen MR) is 80.7 cm³/mol. The van der Waals surface area contributed by atoms with E-state index in [2.05, 4.69) is 11.9 Å². The summed E-state index contributed by atoms with van der Waals surface area (Å²) in [6.07, 6.45) is 1.82. The number of hydrogen-bond acceptors (Lipinski definition) is 3. The maximum absolute atomic E-state index is 9.28. The molecule has 2 rings (SSSR count). The molecule has 0 aliphatic carbocycles. The second-order valence-corrected chi connectivity index (χ2v) is 5.21. The third-order valence-corrected chi connectivity index (χ3v) is 3.46. The van der Waals surface area contributed by atoms with Gasteiger partial charge in [-0.1, -0.05) is 36.5 Å². The van der Waals surface area contributed by atoms with Crippen molar-refractivity contribution in [3.05, 3.63) is 51.6 Å². The van der Waals surface area contributed by atoms with Gasteiger partial charge in [0, 0.05) is 17.8 Å². The van der Waals surface area contributed by atoms with Crippen LogP contribution in [0.2, 0.25) is 10.0 Å². The fourth-order valence-corrected chi connectivity index (χ4v) is 2.10. The first-order valence-electron chi connectivity index (χ1n) is 6.36. The average Bonchev–Trinajstić information content (AvgIpc) is 2.43. The zero-order valence-corrected chi connectivity index (χ0v) is 12.6. The van der Waals surface area contributed by atoms with Crippen molar-refractivity contribution in [3.63, 3.8) is 0 Å². The standard InChI is InChI=1S/C15H15Cl2NO2/c1-2-3-11-6-10(9-19)7-15(18-11)20-12-4-5-13(16)14(17)8-12/h4-8,19H,2-3,9H2,1H3. The summed E-state index contributed by atoms with van der Waals surface area (Å²) in [4.78, 5) is 4.41. The number of aliphatic hydroxyl groups excluding tert-OH is 1. The molecule has 1 heterocycles. The van der Waals surface area contributed by atoms with Crippen LogP contribution in [0, 0.1) is 0 Å². The van der Waals surface area contributed by atoms with Gasteiger partial charge >= 0.3 is 0 Å². The highest BCUT2D eigenvalue weighted by atomic mass is 35.5. The molecule has 0 radical (unpaired) electrons. The number of aryl methyl sites for hydroxylation is 1. The second-order valence-electron chi connectivity index (χ2n) is 4.39. The van der Waals surface area contributed by atoms with E-state index in [0.29, 0.717) is 21.7 Å². The van der Waals surface area contributed by atoms with Crippen LogP contribution in [0.3, 0.4) is 0 Å². The van der Waals surface area contributed by atoms with Gasteiger partial charge in [-0.25, -0.2) is 4.98 Å². The first-order valence-corrected chi connectivity index (χ1v) is 7.11. The van der Waals surface area contributed by atoms with Crippen molar-refractivity contribution in [1.29, 1.82) is 0 Å². The molecule has 0 saturated heterocycles. The van der Waals surface area contributed by atoms with Crippen LogP contribution in [-0.4, -0.2) is 10.1 Å². The van der Waals surface area contributed by atoms with Gasteiger partial charge in [-0.2, -0.15) is 0 Å². The van der Waals surface area contributed by atoms with Crippen LogP contribution >= 0.6 is 23.2 Å². The Bertz CT molecular complexity index is 602. The lowest BCUT2D eigenvalue weighted by Gasteiger charge is -2.09. The van der Waals surface area contributed by atoms with E-state index in [9.17, 15) is 5.11 Å². The van der Waals surface area contributed by atoms with Gasteiger partial charge in [0.25, 0.3) is 0 Å². The SMILES string of the molecule is CCCc1cc(CO)cc(Oc2ccc(Cl)c(Cl)c2)n1. The molecular weight excluding hydrogens is 297 g/mol. The summed E-state index contributed by atoms with van der Waals surface area (Å²) >= 11 is 11.8. The molecule has 3 nitrogen and oxygen atoms in total. The smallest absolute Gasteiger partial charge is 0.219 e. The highest BCUT2D eigenvalue weighted by Gasteiger charge is 2.06. The Morgan fingerprint density at radius 1 is 1.15 bits per heavy atom. The molecule has 0 saturated carbocycles. The van der Waals surface area contributed by atoms with E-state index < -0.39 is 0 Å². The lowest BCUT2D eigenvalue weighted by molar-refractivity contribution is 0.280. The first-order chi connectivity index (χ1) is 9.62. The van der Waals surface area contributed by atoms with Crippen LogP contribution in [-0.2, 0) is 13.0 Å². The van der Waals surface area contributed by atoms with Crippen LogP contribution in [0.15, 0.2) is 30.3 Å². The number of halogens is 2. The minimum Gasteiger partial charge on any atom is -0.439 e. The zero-order valence-electron chi connectivity index (χ0n) is 11.1. The third-order valence-electron chi connectivity index (χ3n) is 2.72. The van der Waals surface area contributed by atoms with Crippen molar-refractivity contribution in [2.45, 2.75) is 26.4 Å². The molecule has 2 aromatic rings. The van der Waals surface area contributed by atoms with Crippen molar-refractivity contribution in [1.82, 2.24) is 4.98 Å². The molecule has 0 unspecified atom stereocenters. The molecule has 5 heteroatoms. The van der Waals surface area contributed by atoms with Crippen molar-refractivity contribution >= 4 is 23.2 Å². The van der Waals surface area contributed by atoms with E-state index in [0.717, 1.165) is 24.1 Å². The quantitative estimate of drug-likeness (QED) is 0.875. The summed E-state index contributed by atoms with van der Waals surface area (Å²) in [5.41, 5.74) is 1.67. The highest BCUT2D eigenvalue weighted by molar-refractivity contribution is 6.42. The monoisotopic (exact) mass is 311 g/mol. The molecule has 1 N–H and O–H groups in total. The molecule has 0 aliphatic rings. The van der Waals surface area contributed by atoms with Gasteiger partial charge < -0.3 is 9.84 Å². The number of rotatable bonds is 5. The Morgan fingerprint density at radius 3 is 2.60 bits per heavy atom. The fraction of sp³-hybridized carbons (Fsp3) is 0.267. The number of pyridine rings is 1. The molecule has 0 atom stereocenters. The van der Waals surface area contributed by atoms with Gasteiger partial charge in [0.05, 0.1) is 16.7 Å². The molecule has 1 aromatic heterocycles. The van der Waals surface area contributed by atoms with E-state index in [1.807, 2.05) is 6.07 Å². The number of nitrogens with zero attached hydrogens (tertiary/aromatic N) is 1. The number of hydrogen-bond donors (Lipinski definition) is 1. The van der Waals surface area contributed by atoms with Gasteiger partial charge in [0.1, 0.15) is 5.75 Å². The molecule has 0 aliphatic heterocycles. The Kier molecular flexibility index (Phi) is 5.24. The van der Waals surface area contributed by atoms with E-state index in [4.69, 9.17) is 27.9 Å². The maximum Gasteiger partial charge on any atom is 0.219 e. The maximum atomic E-state index is 9.28. The van der Waals surface area contributed by atoms with E-state index in [1.54, 1.807) is 24.3 Å². The molecule has 0 spiro atoms. The number of aromatic nitrogens is 1. The summed E-state index contributed by atoms with van der Waals surface area (Å²) < 4.78 is 5.68. The van der Waals surface area contributed by atoms with Gasteiger partial charge in [-0.05, 0) is 30.2 Å². The largest absolute Gasteiger partial charge is 0.439 e. The Labute approximate surface area is 128 Å². The summed E-state index contributed by atoms with van der Waals surface area (Å²) in [6.45, 7) is 2.03. The number of aliphatic hydroxyl groups is 1. The molecular formula is C15H15Cl2NO2. The zero-order chi connectivity index (χ0) is 14.5. The van der Waals surface area contributed by atoms with Crippen LogP contribution < -0.4 is 4.74 Å². The number of benzene rings is 1. The molecule has 1 aromatic carbocycles. The third kappa shape index (κ3) is 3.85. The lowest BCUT2D eigenvalue weighted by Crippen LogP contribution is -1.97. The average molecular weight is 312 g/mol. The molecule has 0 fully saturated rings. The molecule has 106 valence electrons. The van der Waals surface area contributed by atoms with E-state index in [1.165, 1.54) is 0 Å². The van der Waals surface area contributed by atoms with E-state index in [-0.39, 0.29) is 6.61 Å². The minimum absolute atomic E-state index is 0.0447. The molecule has 20 heavy (non-hydrogen) atoms. The normalized spacial score (nSPS) is 10.6. The van der Waals surface area contributed by atoms with Gasteiger partial charge in [-0.3, -0.25) is 0 Å². The van der Waals surface area contributed by atoms with Crippen molar-refractivity contribution in [2.24, 2.45) is 0 Å². The number of ether oxygens (including phenoxy) is 1. The van der Waals surface area contributed by atoms with Crippen LogP contribution in [0.25, 0.3) is 0 Å². The predicted octanol–water partition coefficient (Wildman–Crippen LogP) is 4.63. The van der Waals surface area contributed by atoms with Crippen LogP contribution in [0.4, 0.5) is 0 Å². The highest BCUT2D eigenvalue weighted by Crippen LogP contribution is 2.29. The summed E-state index contributed by atoms with van der Waals surface area (Å²) in [5, 5.41) is 10.2. The second kappa shape index (κ2) is 6.93. The summed E-state index contributed by atoms with van der Waals surface area (Å²) in [7, 11) is 0.